The fraction of sp³-hybridized carbons (Fsp3) is 0.400. The molecule has 1 aromatic carbocycles. The van der Waals surface area contributed by atoms with Crippen molar-refractivity contribution in [1.29, 1.82) is 0 Å². The molecule has 0 amide bonds. The van der Waals surface area contributed by atoms with Gasteiger partial charge in [0.15, 0.2) is 0 Å². The molecule has 1 aliphatic rings. The molecule has 0 saturated carbocycles. The Balaban J connectivity index is 1.53. The summed E-state index contributed by atoms with van der Waals surface area (Å²) in [6.45, 7) is 5.38. The highest BCUT2D eigenvalue weighted by Gasteiger charge is 2.19. The fourth-order valence-electron chi connectivity index (χ4n) is 2.56. The summed E-state index contributed by atoms with van der Waals surface area (Å²) in [5.41, 5.74) is 3.68. The van der Waals surface area contributed by atoms with Gasteiger partial charge in [-0.3, -0.25) is 9.80 Å². The fourth-order valence-corrected chi connectivity index (χ4v) is 3.31. The normalized spacial score (nSPS) is 17.2. The molecule has 0 spiro atoms. The molecule has 1 fully saturated rings. The predicted molar refractivity (Wildman–Crippen MR) is 84.1 cm³/mol. The minimum absolute atomic E-state index is 0.203. The minimum Gasteiger partial charge on any atom is -0.296 e. The SMILES string of the molecule is Fc1c(Cl)cccc1CN1CCN(Cc2cscn2)CC1. The van der Waals surface area contributed by atoms with Crippen molar-refractivity contribution in [3.8, 4) is 0 Å². The van der Waals surface area contributed by atoms with E-state index in [9.17, 15) is 4.39 Å². The van der Waals surface area contributed by atoms with Gasteiger partial charge in [0, 0.05) is 50.2 Å². The number of hydrogen-bond acceptors (Lipinski definition) is 4. The van der Waals surface area contributed by atoms with Gasteiger partial charge in [-0.2, -0.15) is 0 Å². The van der Waals surface area contributed by atoms with Crippen LogP contribution in [0.2, 0.25) is 5.02 Å². The number of nitrogens with zero attached hydrogens (tertiary/aromatic N) is 3. The van der Waals surface area contributed by atoms with E-state index in [0.29, 0.717) is 12.1 Å². The summed E-state index contributed by atoms with van der Waals surface area (Å²) in [7, 11) is 0. The average Bonchev–Trinajstić information content (AvgIpc) is 2.99. The topological polar surface area (TPSA) is 19.4 Å². The Labute approximate surface area is 133 Å². The van der Waals surface area contributed by atoms with Crippen LogP contribution in [0.15, 0.2) is 29.1 Å². The van der Waals surface area contributed by atoms with Gasteiger partial charge in [-0.15, -0.1) is 11.3 Å². The van der Waals surface area contributed by atoms with E-state index in [2.05, 4.69) is 20.2 Å². The predicted octanol–water partition coefficient (Wildman–Crippen LogP) is 3.25. The van der Waals surface area contributed by atoms with E-state index >= 15 is 0 Å². The maximum atomic E-state index is 13.9. The third kappa shape index (κ3) is 3.80. The second kappa shape index (κ2) is 6.83. The number of rotatable bonds is 4. The molecule has 1 saturated heterocycles. The van der Waals surface area contributed by atoms with Crippen LogP contribution in [0.1, 0.15) is 11.3 Å². The van der Waals surface area contributed by atoms with Crippen molar-refractivity contribution in [1.82, 2.24) is 14.8 Å². The summed E-state index contributed by atoms with van der Waals surface area (Å²) in [6, 6.07) is 5.20. The van der Waals surface area contributed by atoms with Gasteiger partial charge < -0.3 is 0 Å². The lowest BCUT2D eigenvalue weighted by Gasteiger charge is -2.34. The zero-order valence-electron chi connectivity index (χ0n) is 11.6. The molecule has 1 aromatic heterocycles. The van der Waals surface area contributed by atoms with Crippen molar-refractivity contribution in [2.24, 2.45) is 0 Å². The highest BCUT2D eigenvalue weighted by Crippen LogP contribution is 2.20. The largest absolute Gasteiger partial charge is 0.296 e. The molecule has 0 bridgehead atoms. The zero-order valence-corrected chi connectivity index (χ0v) is 13.2. The second-order valence-corrected chi connectivity index (χ2v) is 6.37. The molecule has 3 rings (SSSR count). The Morgan fingerprint density at radius 2 is 1.86 bits per heavy atom. The van der Waals surface area contributed by atoms with Crippen LogP contribution in [0.25, 0.3) is 0 Å². The molecule has 0 unspecified atom stereocenters. The first kappa shape index (κ1) is 14.9. The highest BCUT2D eigenvalue weighted by atomic mass is 35.5. The Morgan fingerprint density at radius 3 is 2.52 bits per heavy atom. The lowest BCUT2D eigenvalue weighted by atomic mass is 10.2. The van der Waals surface area contributed by atoms with Crippen molar-refractivity contribution in [2.75, 3.05) is 26.2 Å². The van der Waals surface area contributed by atoms with Crippen LogP contribution in [0.5, 0.6) is 0 Å². The molecule has 0 radical (unpaired) electrons. The van der Waals surface area contributed by atoms with Crippen molar-refractivity contribution in [3.05, 3.63) is 51.2 Å². The number of hydrogen-bond donors (Lipinski definition) is 0. The van der Waals surface area contributed by atoms with Crippen LogP contribution in [-0.2, 0) is 13.1 Å². The van der Waals surface area contributed by atoms with E-state index < -0.39 is 0 Å². The molecular formula is C15H17ClFN3S. The highest BCUT2D eigenvalue weighted by molar-refractivity contribution is 7.07. The van der Waals surface area contributed by atoms with Crippen LogP contribution in [0, 0.1) is 5.82 Å². The lowest BCUT2D eigenvalue weighted by Crippen LogP contribution is -2.45. The smallest absolute Gasteiger partial charge is 0.146 e. The maximum absolute atomic E-state index is 13.9. The molecule has 1 aliphatic heterocycles. The van der Waals surface area contributed by atoms with E-state index in [4.69, 9.17) is 11.6 Å². The molecular weight excluding hydrogens is 309 g/mol. The second-order valence-electron chi connectivity index (χ2n) is 5.25. The van der Waals surface area contributed by atoms with Gasteiger partial charge in [-0.1, -0.05) is 23.7 Å². The molecule has 0 atom stereocenters. The molecule has 21 heavy (non-hydrogen) atoms. The first-order valence-electron chi connectivity index (χ1n) is 6.97. The number of aromatic nitrogens is 1. The minimum atomic E-state index is -0.288. The van der Waals surface area contributed by atoms with Crippen LogP contribution >= 0.6 is 22.9 Å². The van der Waals surface area contributed by atoms with E-state index in [1.807, 2.05) is 11.6 Å². The third-order valence-electron chi connectivity index (χ3n) is 3.76. The number of thiazole rings is 1. The van der Waals surface area contributed by atoms with Crippen molar-refractivity contribution >= 4 is 22.9 Å². The molecule has 2 aromatic rings. The Hall–Kier alpha value is -1.01. The van der Waals surface area contributed by atoms with Gasteiger partial charge in [0.25, 0.3) is 0 Å². The summed E-state index contributed by atoms with van der Waals surface area (Å²) in [5.74, 6) is -0.288. The van der Waals surface area contributed by atoms with Gasteiger partial charge in [-0.05, 0) is 6.07 Å². The van der Waals surface area contributed by atoms with Crippen LogP contribution in [-0.4, -0.2) is 41.0 Å². The standard InChI is InChI=1S/C15H17ClFN3S/c16-14-3-1-2-12(15(14)17)8-19-4-6-20(7-5-19)9-13-10-21-11-18-13/h1-3,10-11H,4-9H2. The van der Waals surface area contributed by atoms with Crippen molar-refractivity contribution in [2.45, 2.75) is 13.1 Å². The van der Waals surface area contributed by atoms with E-state index in [0.717, 1.165) is 38.4 Å². The Bertz CT molecular complexity index is 583. The molecule has 2 heterocycles. The summed E-state index contributed by atoms with van der Waals surface area (Å²) >= 11 is 7.46. The molecule has 0 aliphatic carbocycles. The summed E-state index contributed by atoms with van der Waals surface area (Å²) < 4.78 is 13.9. The first-order chi connectivity index (χ1) is 10.2. The van der Waals surface area contributed by atoms with Crippen LogP contribution in [0.3, 0.4) is 0 Å². The molecule has 0 N–H and O–H groups in total. The number of piperazine rings is 1. The van der Waals surface area contributed by atoms with E-state index in [1.165, 1.54) is 0 Å². The lowest BCUT2D eigenvalue weighted by molar-refractivity contribution is 0.120. The van der Waals surface area contributed by atoms with Gasteiger partial charge in [0.2, 0.25) is 0 Å². The van der Waals surface area contributed by atoms with Gasteiger partial charge in [0.1, 0.15) is 5.82 Å². The van der Waals surface area contributed by atoms with Gasteiger partial charge in [0.05, 0.1) is 16.2 Å². The van der Waals surface area contributed by atoms with Gasteiger partial charge >= 0.3 is 0 Å². The number of halogens is 2. The number of benzene rings is 1. The van der Waals surface area contributed by atoms with E-state index in [1.54, 1.807) is 23.5 Å². The summed E-state index contributed by atoms with van der Waals surface area (Å²) in [4.78, 5) is 8.98. The maximum Gasteiger partial charge on any atom is 0.146 e. The quantitative estimate of drug-likeness (QED) is 0.860. The third-order valence-corrected chi connectivity index (χ3v) is 4.69. The van der Waals surface area contributed by atoms with Crippen molar-refractivity contribution in [3.63, 3.8) is 0 Å². The molecule has 112 valence electrons. The summed E-state index contributed by atoms with van der Waals surface area (Å²) in [5, 5.41) is 2.29. The molecule has 3 nitrogen and oxygen atoms in total. The van der Waals surface area contributed by atoms with Crippen molar-refractivity contribution < 1.29 is 4.39 Å². The Morgan fingerprint density at radius 1 is 1.14 bits per heavy atom. The first-order valence-corrected chi connectivity index (χ1v) is 8.29. The Kier molecular flexibility index (Phi) is 4.85. The monoisotopic (exact) mass is 325 g/mol. The van der Waals surface area contributed by atoms with Crippen LogP contribution < -0.4 is 0 Å². The summed E-state index contributed by atoms with van der Waals surface area (Å²) in [6.07, 6.45) is 0. The van der Waals surface area contributed by atoms with Crippen LogP contribution in [0.4, 0.5) is 4.39 Å². The zero-order chi connectivity index (χ0) is 14.7. The van der Waals surface area contributed by atoms with E-state index in [-0.39, 0.29) is 10.8 Å². The average molecular weight is 326 g/mol. The van der Waals surface area contributed by atoms with Gasteiger partial charge in [-0.25, -0.2) is 9.37 Å². The molecule has 6 heteroatoms.